The summed E-state index contributed by atoms with van der Waals surface area (Å²) in [6.07, 6.45) is 0. The van der Waals surface area contributed by atoms with Crippen LogP contribution < -0.4 is 0 Å². The highest BCUT2D eigenvalue weighted by Gasteiger charge is 2.21. The van der Waals surface area contributed by atoms with Gasteiger partial charge in [-0.2, -0.15) is 0 Å². The quantitative estimate of drug-likeness (QED) is 0.169. The average molecular weight is 756 g/mol. The molecule has 0 amide bonds. The molecule has 3 nitrogen and oxygen atoms in total. The van der Waals surface area contributed by atoms with Crippen molar-refractivity contribution < 1.29 is 0 Å². The minimum atomic E-state index is 0.0585. The van der Waals surface area contributed by atoms with Crippen molar-refractivity contribution in [2.75, 3.05) is 0 Å². The minimum Gasteiger partial charge on any atom is -0.308 e. The molecule has 0 bridgehead atoms. The Bertz CT molecular complexity index is 3330. The Morgan fingerprint density at radius 3 is 1.41 bits per heavy atom. The SMILES string of the molecule is CC(C)(C)c1ccc2c3cccc4c5ccc(-c6cccc(-c7cccc(-c8nc(-c9ccccc9)cc(-c9ccc(-c%10ccccc%10)cc9)n8)c7)c6)cc5n(c2c1)c43. The molecule has 0 atom stereocenters. The number of hydrogen-bond donors (Lipinski definition) is 0. The molecule has 8 aromatic carbocycles. The van der Waals surface area contributed by atoms with E-state index in [0.717, 1.165) is 39.2 Å². The Hall–Kier alpha value is -7.36. The van der Waals surface area contributed by atoms with Gasteiger partial charge in [-0.1, -0.05) is 185 Å². The summed E-state index contributed by atoms with van der Waals surface area (Å²) in [6.45, 7) is 6.87. The van der Waals surface area contributed by atoms with Crippen LogP contribution >= 0.6 is 0 Å². The van der Waals surface area contributed by atoms with Crippen LogP contribution in [0.3, 0.4) is 0 Å². The maximum absolute atomic E-state index is 5.19. The molecule has 3 heteroatoms. The van der Waals surface area contributed by atoms with Gasteiger partial charge in [-0.25, -0.2) is 9.97 Å². The Morgan fingerprint density at radius 1 is 0.339 bits per heavy atom. The normalized spacial score (nSPS) is 12.0. The first kappa shape index (κ1) is 34.9. The van der Waals surface area contributed by atoms with Crippen LogP contribution in [-0.4, -0.2) is 14.4 Å². The van der Waals surface area contributed by atoms with Gasteiger partial charge in [-0.05, 0) is 74.7 Å². The standard InChI is InChI=1S/C56H41N3/c1-56(2,3)45-28-30-47-49-22-12-21-48-46-29-27-43(33-52(46)59(54(48)49)53(47)34-45)41-18-10-17-40(31-41)42-19-11-20-44(32-42)55-57-50(38-15-8-5-9-16-38)35-51(58-55)39-25-23-37(24-26-39)36-13-6-4-7-14-36/h4-35H,1-3H3. The summed E-state index contributed by atoms with van der Waals surface area (Å²) in [5.74, 6) is 0.699. The second-order valence-corrected chi connectivity index (χ2v) is 16.7. The summed E-state index contributed by atoms with van der Waals surface area (Å²) < 4.78 is 2.50. The number of aromatic nitrogens is 3. The highest BCUT2D eigenvalue weighted by atomic mass is 14.9. The molecule has 11 aromatic rings. The molecule has 0 saturated heterocycles. The second-order valence-electron chi connectivity index (χ2n) is 16.7. The van der Waals surface area contributed by atoms with Crippen LogP contribution in [0.2, 0.25) is 0 Å². The third kappa shape index (κ3) is 6.06. The lowest BCUT2D eigenvalue weighted by molar-refractivity contribution is 0.591. The maximum Gasteiger partial charge on any atom is 0.160 e. The van der Waals surface area contributed by atoms with Crippen molar-refractivity contribution in [2.45, 2.75) is 26.2 Å². The van der Waals surface area contributed by atoms with Crippen molar-refractivity contribution >= 4 is 38.1 Å². The van der Waals surface area contributed by atoms with E-state index in [2.05, 4.69) is 207 Å². The molecule has 0 fully saturated rings. The molecule has 0 aliphatic carbocycles. The van der Waals surface area contributed by atoms with Crippen LogP contribution in [0, 0.1) is 0 Å². The lowest BCUT2D eigenvalue weighted by Gasteiger charge is -2.19. The summed E-state index contributed by atoms with van der Waals surface area (Å²) in [4.78, 5) is 10.3. The number of rotatable bonds is 6. The van der Waals surface area contributed by atoms with Gasteiger partial charge in [0.05, 0.1) is 27.9 Å². The fourth-order valence-corrected chi connectivity index (χ4v) is 8.79. The van der Waals surface area contributed by atoms with Crippen molar-refractivity contribution in [2.24, 2.45) is 0 Å². The molecule has 0 aliphatic rings. The molecule has 3 heterocycles. The van der Waals surface area contributed by atoms with E-state index in [0.29, 0.717) is 5.82 Å². The summed E-state index contributed by atoms with van der Waals surface area (Å²) >= 11 is 0. The van der Waals surface area contributed by atoms with E-state index >= 15 is 0 Å². The topological polar surface area (TPSA) is 30.2 Å². The molecule has 0 spiro atoms. The van der Waals surface area contributed by atoms with Crippen LogP contribution in [-0.2, 0) is 5.41 Å². The van der Waals surface area contributed by atoms with Crippen molar-refractivity contribution in [1.29, 1.82) is 0 Å². The molecule has 0 aliphatic heterocycles. The molecular weight excluding hydrogens is 715 g/mol. The van der Waals surface area contributed by atoms with E-state index in [1.807, 2.05) is 12.1 Å². The first-order valence-corrected chi connectivity index (χ1v) is 20.4. The number of benzene rings is 8. The van der Waals surface area contributed by atoms with Gasteiger partial charge in [0.25, 0.3) is 0 Å². The Morgan fingerprint density at radius 2 is 0.780 bits per heavy atom. The summed E-state index contributed by atoms with van der Waals surface area (Å²) in [5.41, 5.74) is 17.1. The van der Waals surface area contributed by atoms with Crippen LogP contribution in [0.4, 0.5) is 0 Å². The summed E-state index contributed by atoms with van der Waals surface area (Å²) in [6, 6.07) is 69.9. The average Bonchev–Trinajstić information content (AvgIpc) is 3.81. The molecule has 280 valence electrons. The number of nitrogens with zero attached hydrogens (tertiary/aromatic N) is 3. The Labute approximate surface area is 344 Å². The summed E-state index contributed by atoms with van der Waals surface area (Å²) in [5, 5.41) is 5.20. The van der Waals surface area contributed by atoms with Gasteiger partial charge in [0, 0.05) is 38.2 Å². The van der Waals surface area contributed by atoms with E-state index in [4.69, 9.17) is 9.97 Å². The summed E-state index contributed by atoms with van der Waals surface area (Å²) in [7, 11) is 0. The second kappa shape index (κ2) is 13.6. The van der Waals surface area contributed by atoms with Crippen molar-refractivity contribution in [3.05, 3.63) is 200 Å². The van der Waals surface area contributed by atoms with Gasteiger partial charge in [0.1, 0.15) is 0 Å². The van der Waals surface area contributed by atoms with E-state index in [-0.39, 0.29) is 5.41 Å². The van der Waals surface area contributed by atoms with Crippen LogP contribution in [0.25, 0.3) is 105 Å². The van der Waals surface area contributed by atoms with Gasteiger partial charge in [-0.15, -0.1) is 0 Å². The molecule has 59 heavy (non-hydrogen) atoms. The third-order valence-corrected chi connectivity index (χ3v) is 11.9. The van der Waals surface area contributed by atoms with Crippen molar-refractivity contribution in [1.82, 2.24) is 14.4 Å². The van der Waals surface area contributed by atoms with E-state index in [1.54, 1.807) is 0 Å². The largest absolute Gasteiger partial charge is 0.308 e. The molecular formula is C56H41N3. The van der Waals surface area contributed by atoms with Crippen LogP contribution in [0.15, 0.2) is 194 Å². The lowest BCUT2D eigenvalue weighted by atomic mass is 9.86. The fourth-order valence-electron chi connectivity index (χ4n) is 8.79. The Kier molecular flexibility index (Phi) is 8.06. The number of para-hydroxylation sites is 1. The van der Waals surface area contributed by atoms with E-state index < -0.39 is 0 Å². The van der Waals surface area contributed by atoms with Crippen LogP contribution in [0.1, 0.15) is 26.3 Å². The Balaban J connectivity index is 0.990. The maximum atomic E-state index is 5.19. The lowest BCUT2D eigenvalue weighted by Crippen LogP contribution is -2.10. The van der Waals surface area contributed by atoms with Crippen molar-refractivity contribution in [3.8, 4) is 67.3 Å². The predicted octanol–water partition coefficient (Wildman–Crippen LogP) is 14.9. The molecule has 0 unspecified atom stereocenters. The molecule has 0 saturated carbocycles. The number of fused-ring (bicyclic) bond motifs is 6. The number of hydrogen-bond acceptors (Lipinski definition) is 2. The van der Waals surface area contributed by atoms with Gasteiger partial charge < -0.3 is 4.40 Å². The fraction of sp³-hybridized carbons (Fsp3) is 0.0714. The predicted molar refractivity (Wildman–Crippen MR) is 248 cm³/mol. The van der Waals surface area contributed by atoms with E-state index in [1.165, 1.54) is 65.9 Å². The molecule has 11 rings (SSSR count). The smallest absolute Gasteiger partial charge is 0.160 e. The zero-order valence-corrected chi connectivity index (χ0v) is 33.3. The van der Waals surface area contributed by atoms with Crippen molar-refractivity contribution in [3.63, 3.8) is 0 Å². The van der Waals surface area contributed by atoms with Gasteiger partial charge in [0.15, 0.2) is 5.82 Å². The molecule has 3 aromatic heterocycles. The highest BCUT2D eigenvalue weighted by Crippen LogP contribution is 2.42. The monoisotopic (exact) mass is 755 g/mol. The highest BCUT2D eigenvalue weighted by molar-refractivity contribution is 6.23. The zero-order chi connectivity index (χ0) is 39.7. The van der Waals surface area contributed by atoms with Gasteiger partial charge in [-0.3, -0.25) is 0 Å². The minimum absolute atomic E-state index is 0.0585. The zero-order valence-electron chi connectivity index (χ0n) is 33.3. The first-order chi connectivity index (χ1) is 28.9. The molecule has 0 N–H and O–H groups in total. The van der Waals surface area contributed by atoms with Gasteiger partial charge in [0.2, 0.25) is 0 Å². The molecule has 0 radical (unpaired) electrons. The van der Waals surface area contributed by atoms with Gasteiger partial charge >= 0.3 is 0 Å². The first-order valence-electron chi connectivity index (χ1n) is 20.4. The van der Waals surface area contributed by atoms with E-state index in [9.17, 15) is 0 Å². The van der Waals surface area contributed by atoms with Crippen LogP contribution in [0.5, 0.6) is 0 Å². The third-order valence-electron chi connectivity index (χ3n) is 11.9.